The van der Waals surface area contributed by atoms with E-state index in [9.17, 15) is 4.79 Å². The van der Waals surface area contributed by atoms with Crippen molar-refractivity contribution in [1.29, 1.82) is 0 Å². The summed E-state index contributed by atoms with van der Waals surface area (Å²) < 4.78 is 1.09. The van der Waals surface area contributed by atoms with E-state index in [2.05, 4.69) is 34.6 Å². The SMILES string of the molecule is C=CC1CC(=O)N(CCc2cccc(Br)c2)C1. The molecular formula is C14H16BrNO. The highest BCUT2D eigenvalue weighted by Crippen LogP contribution is 2.19. The van der Waals surface area contributed by atoms with E-state index in [1.165, 1.54) is 5.56 Å². The fourth-order valence-corrected chi connectivity index (χ4v) is 2.58. The zero-order valence-electron chi connectivity index (χ0n) is 9.73. The Balaban J connectivity index is 1.90. The molecule has 2 nitrogen and oxygen atoms in total. The van der Waals surface area contributed by atoms with Crippen molar-refractivity contribution < 1.29 is 4.79 Å². The number of hydrogen-bond donors (Lipinski definition) is 0. The first-order valence-electron chi connectivity index (χ1n) is 5.84. The summed E-state index contributed by atoms with van der Waals surface area (Å²) in [5.41, 5.74) is 1.26. The van der Waals surface area contributed by atoms with Crippen molar-refractivity contribution in [3.63, 3.8) is 0 Å². The zero-order chi connectivity index (χ0) is 12.3. The van der Waals surface area contributed by atoms with Crippen LogP contribution < -0.4 is 0 Å². The average molecular weight is 294 g/mol. The maximum absolute atomic E-state index is 11.7. The fraction of sp³-hybridized carbons (Fsp3) is 0.357. The van der Waals surface area contributed by atoms with Crippen molar-refractivity contribution in [2.75, 3.05) is 13.1 Å². The third-order valence-electron chi connectivity index (χ3n) is 3.14. The number of carbonyl (C=O) groups excluding carboxylic acids is 1. The number of carbonyl (C=O) groups is 1. The first-order chi connectivity index (χ1) is 8.19. The van der Waals surface area contributed by atoms with Gasteiger partial charge in [0, 0.05) is 29.9 Å². The van der Waals surface area contributed by atoms with Crippen LogP contribution in [0, 0.1) is 5.92 Å². The lowest BCUT2D eigenvalue weighted by Crippen LogP contribution is -2.27. The molecule has 1 aliphatic heterocycles. The van der Waals surface area contributed by atoms with Gasteiger partial charge in [0.05, 0.1) is 0 Å². The zero-order valence-corrected chi connectivity index (χ0v) is 11.3. The van der Waals surface area contributed by atoms with Gasteiger partial charge in [-0.2, -0.15) is 0 Å². The molecule has 0 aromatic heterocycles. The smallest absolute Gasteiger partial charge is 0.223 e. The molecule has 1 fully saturated rings. The molecule has 17 heavy (non-hydrogen) atoms. The van der Waals surface area contributed by atoms with Gasteiger partial charge in [-0.1, -0.05) is 34.1 Å². The van der Waals surface area contributed by atoms with E-state index in [0.717, 1.165) is 24.0 Å². The van der Waals surface area contributed by atoms with Crippen molar-refractivity contribution in [1.82, 2.24) is 4.90 Å². The van der Waals surface area contributed by atoms with E-state index < -0.39 is 0 Å². The van der Waals surface area contributed by atoms with Gasteiger partial charge < -0.3 is 4.90 Å². The van der Waals surface area contributed by atoms with E-state index in [1.807, 2.05) is 23.1 Å². The van der Waals surface area contributed by atoms with Gasteiger partial charge in [-0.3, -0.25) is 4.79 Å². The number of hydrogen-bond acceptors (Lipinski definition) is 1. The van der Waals surface area contributed by atoms with Crippen molar-refractivity contribution >= 4 is 21.8 Å². The molecule has 0 radical (unpaired) electrons. The van der Waals surface area contributed by atoms with Crippen molar-refractivity contribution in [3.05, 3.63) is 47.0 Å². The molecule has 2 rings (SSSR count). The molecule has 1 aliphatic rings. The topological polar surface area (TPSA) is 20.3 Å². The molecule has 1 heterocycles. The first kappa shape index (κ1) is 12.4. The minimum absolute atomic E-state index is 0.255. The van der Waals surface area contributed by atoms with Crippen molar-refractivity contribution in [3.8, 4) is 0 Å². The molecule has 3 heteroatoms. The predicted molar refractivity (Wildman–Crippen MR) is 72.7 cm³/mol. The molecular weight excluding hydrogens is 278 g/mol. The Bertz CT molecular complexity index is 430. The second kappa shape index (κ2) is 5.50. The van der Waals surface area contributed by atoms with E-state index in [4.69, 9.17) is 0 Å². The highest BCUT2D eigenvalue weighted by atomic mass is 79.9. The lowest BCUT2D eigenvalue weighted by Gasteiger charge is -2.15. The number of amides is 1. The predicted octanol–water partition coefficient (Wildman–Crippen LogP) is 3.03. The van der Waals surface area contributed by atoms with E-state index in [0.29, 0.717) is 12.3 Å². The maximum atomic E-state index is 11.7. The molecule has 1 aromatic carbocycles. The highest BCUT2D eigenvalue weighted by Gasteiger charge is 2.26. The van der Waals surface area contributed by atoms with E-state index in [-0.39, 0.29) is 5.91 Å². The molecule has 90 valence electrons. The standard InChI is InChI=1S/C14H16BrNO/c1-2-11-9-14(17)16(10-11)7-6-12-4-3-5-13(15)8-12/h2-5,8,11H,1,6-7,9-10H2. The minimum Gasteiger partial charge on any atom is -0.342 e. The number of benzene rings is 1. The van der Waals surface area contributed by atoms with Gasteiger partial charge >= 0.3 is 0 Å². The normalized spacial score (nSPS) is 19.7. The molecule has 0 aliphatic carbocycles. The van der Waals surface area contributed by atoms with Gasteiger partial charge in [0.2, 0.25) is 5.91 Å². The van der Waals surface area contributed by atoms with Crippen LogP contribution in [0.4, 0.5) is 0 Å². The Kier molecular flexibility index (Phi) is 4.00. The van der Waals surface area contributed by atoms with Crippen LogP contribution in [0.1, 0.15) is 12.0 Å². The van der Waals surface area contributed by atoms with Crippen molar-refractivity contribution in [2.24, 2.45) is 5.92 Å². The summed E-state index contributed by atoms with van der Waals surface area (Å²) in [6, 6.07) is 8.23. The molecule has 0 bridgehead atoms. The third-order valence-corrected chi connectivity index (χ3v) is 3.63. The molecule has 1 unspecified atom stereocenters. The van der Waals surface area contributed by atoms with Crippen LogP contribution in [0.5, 0.6) is 0 Å². The van der Waals surface area contributed by atoms with Crippen LogP contribution in [0.15, 0.2) is 41.4 Å². The Hall–Kier alpha value is -1.09. The lowest BCUT2D eigenvalue weighted by atomic mass is 10.1. The van der Waals surface area contributed by atoms with Gasteiger partial charge in [-0.25, -0.2) is 0 Å². The largest absolute Gasteiger partial charge is 0.342 e. The molecule has 1 amide bonds. The van der Waals surface area contributed by atoms with E-state index >= 15 is 0 Å². The number of nitrogens with zero attached hydrogens (tertiary/aromatic N) is 1. The summed E-state index contributed by atoms with van der Waals surface area (Å²) in [7, 11) is 0. The van der Waals surface area contributed by atoms with Crippen LogP contribution in [0.25, 0.3) is 0 Å². The Morgan fingerprint density at radius 2 is 2.35 bits per heavy atom. The number of rotatable bonds is 4. The second-order valence-corrected chi connectivity index (χ2v) is 5.34. The summed E-state index contributed by atoms with van der Waals surface area (Å²) in [4.78, 5) is 13.6. The van der Waals surface area contributed by atoms with E-state index in [1.54, 1.807) is 0 Å². The Morgan fingerprint density at radius 1 is 1.53 bits per heavy atom. The molecule has 1 aromatic rings. The second-order valence-electron chi connectivity index (χ2n) is 4.42. The van der Waals surface area contributed by atoms with Crippen LogP contribution in [0.3, 0.4) is 0 Å². The summed E-state index contributed by atoms with van der Waals surface area (Å²) in [6.45, 7) is 5.39. The lowest BCUT2D eigenvalue weighted by molar-refractivity contribution is -0.127. The summed E-state index contributed by atoms with van der Waals surface area (Å²) >= 11 is 3.45. The first-order valence-corrected chi connectivity index (χ1v) is 6.63. The molecule has 0 saturated carbocycles. The Morgan fingerprint density at radius 3 is 3.00 bits per heavy atom. The average Bonchev–Trinajstić information content (AvgIpc) is 2.68. The van der Waals surface area contributed by atoms with Crippen LogP contribution in [0.2, 0.25) is 0 Å². The monoisotopic (exact) mass is 293 g/mol. The quantitative estimate of drug-likeness (QED) is 0.782. The minimum atomic E-state index is 0.255. The number of likely N-dealkylation sites (tertiary alicyclic amines) is 1. The van der Waals surface area contributed by atoms with Crippen LogP contribution in [-0.2, 0) is 11.2 Å². The third kappa shape index (κ3) is 3.19. The van der Waals surface area contributed by atoms with Crippen LogP contribution in [-0.4, -0.2) is 23.9 Å². The van der Waals surface area contributed by atoms with Gasteiger partial charge in [0.25, 0.3) is 0 Å². The summed E-state index contributed by atoms with van der Waals surface area (Å²) in [5, 5.41) is 0. The summed E-state index contributed by atoms with van der Waals surface area (Å²) in [6.07, 6.45) is 3.42. The molecule has 1 atom stereocenters. The van der Waals surface area contributed by atoms with Gasteiger partial charge in [0.1, 0.15) is 0 Å². The number of halogens is 1. The maximum Gasteiger partial charge on any atom is 0.223 e. The molecule has 0 spiro atoms. The fourth-order valence-electron chi connectivity index (χ4n) is 2.13. The van der Waals surface area contributed by atoms with Gasteiger partial charge in [-0.15, -0.1) is 6.58 Å². The summed E-state index contributed by atoms with van der Waals surface area (Å²) in [5.74, 6) is 0.593. The molecule has 1 saturated heterocycles. The van der Waals surface area contributed by atoms with Gasteiger partial charge in [-0.05, 0) is 24.1 Å². The van der Waals surface area contributed by atoms with Crippen LogP contribution >= 0.6 is 15.9 Å². The highest BCUT2D eigenvalue weighted by molar-refractivity contribution is 9.10. The van der Waals surface area contributed by atoms with Gasteiger partial charge in [0.15, 0.2) is 0 Å². The molecule has 0 N–H and O–H groups in total. The van der Waals surface area contributed by atoms with Crippen molar-refractivity contribution in [2.45, 2.75) is 12.8 Å². The Labute approximate surface area is 110 Å².